The fourth-order valence-corrected chi connectivity index (χ4v) is 2.92. The molecule has 1 aromatic heterocycles. The maximum Gasteiger partial charge on any atom is 0.226 e. The van der Waals surface area contributed by atoms with Gasteiger partial charge in [0.05, 0.1) is 12.1 Å². The molecular weight excluding hydrogens is 338 g/mol. The summed E-state index contributed by atoms with van der Waals surface area (Å²) >= 11 is 4.99. The summed E-state index contributed by atoms with van der Waals surface area (Å²) in [6, 6.07) is 7.97. The van der Waals surface area contributed by atoms with E-state index in [0.29, 0.717) is 19.5 Å². The molecular formula is C14H16BrN3OS. The summed E-state index contributed by atoms with van der Waals surface area (Å²) in [5.41, 5.74) is 7.24. The number of hydrogen-bond acceptors (Lipinski definition) is 4. The molecule has 2 rings (SSSR count). The summed E-state index contributed by atoms with van der Waals surface area (Å²) in [4.78, 5) is 16.2. The lowest BCUT2D eigenvalue weighted by molar-refractivity contribution is -0.120. The zero-order valence-corrected chi connectivity index (χ0v) is 13.3. The number of benzene rings is 1. The first kappa shape index (κ1) is 15.2. The fourth-order valence-electron chi connectivity index (χ4n) is 1.70. The highest BCUT2D eigenvalue weighted by atomic mass is 79.9. The van der Waals surface area contributed by atoms with Crippen molar-refractivity contribution in [2.24, 2.45) is 5.73 Å². The normalized spacial score (nSPS) is 10.5. The number of carbonyl (C=O) groups is 1. The molecule has 0 unspecified atom stereocenters. The SMILES string of the molecule is NCCCNC(=O)Cc1csc(-c2cccc(Br)c2)n1. The summed E-state index contributed by atoms with van der Waals surface area (Å²) in [7, 11) is 0. The molecule has 4 nitrogen and oxygen atoms in total. The lowest BCUT2D eigenvalue weighted by Crippen LogP contribution is -2.27. The molecule has 1 heterocycles. The molecule has 0 atom stereocenters. The Hall–Kier alpha value is -1.24. The highest BCUT2D eigenvalue weighted by Crippen LogP contribution is 2.26. The predicted octanol–water partition coefficient (Wildman–Crippen LogP) is 2.58. The van der Waals surface area contributed by atoms with Gasteiger partial charge in [0.25, 0.3) is 0 Å². The Morgan fingerprint density at radius 3 is 3.05 bits per heavy atom. The third-order valence-electron chi connectivity index (χ3n) is 2.67. The molecule has 0 radical (unpaired) electrons. The number of aromatic nitrogens is 1. The average Bonchev–Trinajstić information content (AvgIpc) is 2.87. The lowest BCUT2D eigenvalue weighted by Gasteiger charge is -2.02. The minimum absolute atomic E-state index is 0.00968. The number of halogens is 1. The molecule has 0 spiro atoms. The number of rotatable bonds is 6. The van der Waals surface area contributed by atoms with E-state index >= 15 is 0 Å². The third-order valence-corrected chi connectivity index (χ3v) is 4.10. The highest BCUT2D eigenvalue weighted by Gasteiger charge is 2.08. The second-order valence-electron chi connectivity index (χ2n) is 4.32. The van der Waals surface area contributed by atoms with Gasteiger partial charge in [-0.2, -0.15) is 0 Å². The van der Waals surface area contributed by atoms with E-state index in [2.05, 4.69) is 26.2 Å². The van der Waals surface area contributed by atoms with Crippen molar-refractivity contribution in [3.05, 3.63) is 39.8 Å². The molecule has 20 heavy (non-hydrogen) atoms. The van der Waals surface area contributed by atoms with Gasteiger partial charge in [0.1, 0.15) is 5.01 Å². The number of carbonyl (C=O) groups excluding carboxylic acids is 1. The van der Waals surface area contributed by atoms with Crippen LogP contribution in [0.1, 0.15) is 12.1 Å². The third kappa shape index (κ3) is 4.40. The first-order chi connectivity index (χ1) is 9.69. The van der Waals surface area contributed by atoms with Crippen molar-refractivity contribution in [3.8, 4) is 10.6 Å². The number of thiazole rings is 1. The van der Waals surface area contributed by atoms with Gasteiger partial charge in [-0.1, -0.05) is 28.1 Å². The molecule has 0 aliphatic rings. The van der Waals surface area contributed by atoms with Crippen molar-refractivity contribution >= 4 is 33.2 Å². The monoisotopic (exact) mass is 353 g/mol. The van der Waals surface area contributed by atoms with Crippen LogP contribution in [0.3, 0.4) is 0 Å². The number of nitrogens with two attached hydrogens (primary N) is 1. The van der Waals surface area contributed by atoms with Crippen molar-refractivity contribution in [2.75, 3.05) is 13.1 Å². The van der Waals surface area contributed by atoms with E-state index in [0.717, 1.165) is 27.2 Å². The Labute approximate surface area is 130 Å². The molecule has 106 valence electrons. The minimum Gasteiger partial charge on any atom is -0.356 e. The van der Waals surface area contributed by atoms with Gasteiger partial charge in [-0.3, -0.25) is 4.79 Å². The molecule has 2 aromatic rings. The summed E-state index contributed by atoms with van der Waals surface area (Å²) in [6.45, 7) is 1.21. The quantitative estimate of drug-likeness (QED) is 0.784. The van der Waals surface area contributed by atoms with E-state index in [4.69, 9.17) is 5.73 Å². The molecule has 0 fully saturated rings. The standard InChI is InChI=1S/C14H16BrN3OS/c15-11-4-1-3-10(7-11)14-18-12(9-20-14)8-13(19)17-6-2-5-16/h1,3-4,7,9H,2,5-6,8,16H2,(H,17,19). The first-order valence-corrected chi connectivity index (χ1v) is 8.03. The average molecular weight is 354 g/mol. The Kier molecular flexibility index (Phi) is 5.70. The van der Waals surface area contributed by atoms with E-state index in [1.807, 2.05) is 29.6 Å². The summed E-state index contributed by atoms with van der Waals surface area (Å²) in [6.07, 6.45) is 1.11. The largest absolute Gasteiger partial charge is 0.356 e. The van der Waals surface area contributed by atoms with Gasteiger partial charge in [-0.15, -0.1) is 11.3 Å². The Balaban J connectivity index is 1.97. The van der Waals surface area contributed by atoms with Crippen molar-refractivity contribution in [1.82, 2.24) is 10.3 Å². The topological polar surface area (TPSA) is 68.0 Å². The molecule has 0 saturated heterocycles. The lowest BCUT2D eigenvalue weighted by atomic mass is 10.2. The van der Waals surface area contributed by atoms with E-state index < -0.39 is 0 Å². The van der Waals surface area contributed by atoms with E-state index in [1.165, 1.54) is 0 Å². The summed E-state index contributed by atoms with van der Waals surface area (Å²) in [5.74, 6) is -0.00968. The zero-order chi connectivity index (χ0) is 14.4. The van der Waals surface area contributed by atoms with E-state index in [-0.39, 0.29) is 5.91 Å². The zero-order valence-electron chi connectivity index (χ0n) is 10.9. The molecule has 0 bridgehead atoms. The number of nitrogens with one attached hydrogen (secondary N) is 1. The van der Waals surface area contributed by atoms with Crippen LogP contribution in [0.2, 0.25) is 0 Å². The van der Waals surface area contributed by atoms with Gasteiger partial charge in [0.15, 0.2) is 0 Å². The predicted molar refractivity (Wildman–Crippen MR) is 85.6 cm³/mol. The van der Waals surface area contributed by atoms with Crippen LogP contribution in [0.5, 0.6) is 0 Å². The van der Waals surface area contributed by atoms with Crippen LogP contribution in [0.15, 0.2) is 34.1 Å². The van der Waals surface area contributed by atoms with Crippen LogP contribution in [0.25, 0.3) is 10.6 Å². The molecule has 1 aromatic carbocycles. The Bertz CT molecular complexity index is 585. The molecule has 6 heteroatoms. The Morgan fingerprint density at radius 2 is 2.30 bits per heavy atom. The van der Waals surface area contributed by atoms with Crippen molar-refractivity contribution in [2.45, 2.75) is 12.8 Å². The minimum atomic E-state index is -0.00968. The van der Waals surface area contributed by atoms with Gasteiger partial charge < -0.3 is 11.1 Å². The maximum absolute atomic E-state index is 11.7. The molecule has 0 aliphatic heterocycles. The van der Waals surface area contributed by atoms with Crippen LogP contribution in [0.4, 0.5) is 0 Å². The highest BCUT2D eigenvalue weighted by molar-refractivity contribution is 9.10. The fraction of sp³-hybridized carbons (Fsp3) is 0.286. The van der Waals surface area contributed by atoms with Gasteiger partial charge >= 0.3 is 0 Å². The van der Waals surface area contributed by atoms with Crippen LogP contribution in [-0.2, 0) is 11.2 Å². The number of amides is 1. The second-order valence-corrected chi connectivity index (χ2v) is 6.10. The van der Waals surface area contributed by atoms with Crippen LogP contribution in [0, 0.1) is 0 Å². The molecule has 0 saturated carbocycles. The van der Waals surface area contributed by atoms with Crippen molar-refractivity contribution in [3.63, 3.8) is 0 Å². The van der Waals surface area contributed by atoms with Gasteiger partial charge in [0, 0.05) is 22.0 Å². The van der Waals surface area contributed by atoms with Crippen LogP contribution >= 0.6 is 27.3 Å². The summed E-state index contributed by atoms with van der Waals surface area (Å²) < 4.78 is 1.02. The number of hydrogen-bond donors (Lipinski definition) is 2. The molecule has 3 N–H and O–H groups in total. The van der Waals surface area contributed by atoms with Crippen molar-refractivity contribution < 1.29 is 4.79 Å². The van der Waals surface area contributed by atoms with Gasteiger partial charge in [-0.25, -0.2) is 4.98 Å². The van der Waals surface area contributed by atoms with Gasteiger partial charge in [-0.05, 0) is 25.1 Å². The van der Waals surface area contributed by atoms with E-state index in [9.17, 15) is 4.79 Å². The second kappa shape index (κ2) is 7.52. The van der Waals surface area contributed by atoms with Crippen molar-refractivity contribution in [1.29, 1.82) is 0 Å². The Morgan fingerprint density at radius 1 is 1.45 bits per heavy atom. The molecule has 0 aliphatic carbocycles. The van der Waals surface area contributed by atoms with Crippen LogP contribution < -0.4 is 11.1 Å². The van der Waals surface area contributed by atoms with Crippen LogP contribution in [-0.4, -0.2) is 24.0 Å². The summed E-state index contributed by atoms with van der Waals surface area (Å²) in [5, 5.41) is 5.68. The maximum atomic E-state index is 11.7. The first-order valence-electron chi connectivity index (χ1n) is 6.36. The smallest absolute Gasteiger partial charge is 0.226 e. The van der Waals surface area contributed by atoms with E-state index in [1.54, 1.807) is 11.3 Å². The number of nitrogens with zero attached hydrogens (tertiary/aromatic N) is 1. The van der Waals surface area contributed by atoms with Gasteiger partial charge in [0.2, 0.25) is 5.91 Å². The molecule has 1 amide bonds.